The van der Waals surface area contributed by atoms with Crippen LogP contribution in [0.3, 0.4) is 0 Å². The van der Waals surface area contributed by atoms with E-state index in [1.165, 1.54) is 11.9 Å². The van der Waals surface area contributed by atoms with E-state index in [4.69, 9.17) is 0 Å². The van der Waals surface area contributed by atoms with Gasteiger partial charge in [-0.2, -0.15) is 0 Å². The molecule has 120 valence electrons. The summed E-state index contributed by atoms with van der Waals surface area (Å²) in [7, 11) is 0. The van der Waals surface area contributed by atoms with E-state index in [0.717, 1.165) is 18.5 Å². The van der Waals surface area contributed by atoms with Crippen molar-refractivity contribution in [1.82, 2.24) is 15.3 Å². The maximum absolute atomic E-state index is 12.0. The Hall–Kier alpha value is -2.43. The number of aromatic nitrogens is 2. The Morgan fingerprint density at radius 1 is 1.13 bits per heavy atom. The lowest BCUT2D eigenvalue weighted by Crippen LogP contribution is -2.26. The number of benzene rings is 1. The summed E-state index contributed by atoms with van der Waals surface area (Å²) in [6.07, 6.45) is 3.53. The van der Waals surface area contributed by atoms with Crippen LogP contribution in [0.25, 0.3) is 0 Å². The van der Waals surface area contributed by atoms with Crippen LogP contribution in [0.15, 0.2) is 36.7 Å². The molecule has 1 amide bonds. The molecule has 1 heterocycles. The van der Waals surface area contributed by atoms with Gasteiger partial charge in [-0.3, -0.25) is 4.79 Å². The molecule has 23 heavy (non-hydrogen) atoms. The van der Waals surface area contributed by atoms with Crippen LogP contribution in [0, 0.1) is 0 Å². The predicted octanol–water partition coefficient (Wildman–Crippen LogP) is 3.41. The fraction of sp³-hybridized carbons (Fsp3) is 0.389. The van der Waals surface area contributed by atoms with Gasteiger partial charge in [-0.25, -0.2) is 9.97 Å². The third-order valence-corrected chi connectivity index (χ3v) is 3.84. The first-order valence-electron chi connectivity index (χ1n) is 7.92. The van der Waals surface area contributed by atoms with E-state index in [2.05, 4.69) is 53.5 Å². The first-order chi connectivity index (χ1) is 10.9. The highest BCUT2D eigenvalue weighted by Gasteiger charge is 2.24. The van der Waals surface area contributed by atoms with Gasteiger partial charge in [-0.15, -0.1) is 0 Å². The highest BCUT2D eigenvalue weighted by molar-refractivity contribution is 5.93. The Balaban J connectivity index is 1.71. The second-order valence-electron chi connectivity index (χ2n) is 6.99. The van der Waals surface area contributed by atoms with Gasteiger partial charge in [0.25, 0.3) is 5.91 Å². The molecule has 0 radical (unpaired) electrons. The Kier molecular flexibility index (Phi) is 4.03. The minimum absolute atomic E-state index is 0.127. The molecular formula is C18H22N4O. The Labute approximate surface area is 136 Å². The minimum atomic E-state index is -0.138. The van der Waals surface area contributed by atoms with Gasteiger partial charge in [-0.05, 0) is 36.0 Å². The first-order valence-corrected chi connectivity index (χ1v) is 7.92. The zero-order valence-corrected chi connectivity index (χ0v) is 13.8. The van der Waals surface area contributed by atoms with Crippen LogP contribution in [0.2, 0.25) is 0 Å². The Morgan fingerprint density at radius 3 is 2.43 bits per heavy atom. The predicted molar refractivity (Wildman–Crippen MR) is 90.9 cm³/mol. The van der Waals surface area contributed by atoms with Gasteiger partial charge in [0.15, 0.2) is 0 Å². The van der Waals surface area contributed by atoms with E-state index in [-0.39, 0.29) is 11.3 Å². The van der Waals surface area contributed by atoms with Crippen molar-refractivity contribution < 1.29 is 4.79 Å². The van der Waals surface area contributed by atoms with Crippen LogP contribution < -0.4 is 10.6 Å². The summed E-state index contributed by atoms with van der Waals surface area (Å²) in [5, 5.41) is 6.14. The van der Waals surface area contributed by atoms with Gasteiger partial charge >= 0.3 is 0 Å². The van der Waals surface area contributed by atoms with Gasteiger partial charge in [0.05, 0.1) is 0 Å². The maximum atomic E-state index is 12.0. The summed E-state index contributed by atoms with van der Waals surface area (Å²) < 4.78 is 0. The maximum Gasteiger partial charge on any atom is 0.270 e. The van der Waals surface area contributed by atoms with Gasteiger partial charge in [-0.1, -0.05) is 32.9 Å². The van der Waals surface area contributed by atoms with Crippen molar-refractivity contribution in [3.8, 4) is 0 Å². The van der Waals surface area contributed by atoms with Crippen molar-refractivity contribution >= 4 is 17.4 Å². The van der Waals surface area contributed by atoms with Crippen molar-refractivity contribution in [2.75, 3.05) is 5.32 Å². The van der Waals surface area contributed by atoms with Crippen LogP contribution >= 0.6 is 0 Å². The molecule has 0 atom stereocenters. The number of amides is 1. The number of carbonyl (C=O) groups is 1. The van der Waals surface area contributed by atoms with Crippen molar-refractivity contribution in [3.63, 3.8) is 0 Å². The Bertz CT molecular complexity index is 700. The largest absolute Gasteiger partial charge is 0.348 e. The molecule has 0 saturated heterocycles. The van der Waals surface area contributed by atoms with E-state index in [1.807, 2.05) is 12.1 Å². The number of anilines is 2. The fourth-order valence-electron chi connectivity index (χ4n) is 2.24. The lowest BCUT2D eigenvalue weighted by Gasteiger charge is -2.19. The molecule has 5 nitrogen and oxygen atoms in total. The number of hydrogen-bond acceptors (Lipinski definition) is 4. The average molecular weight is 310 g/mol. The van der Waals surface area contributed by atoms with E-state index in [1.54, 1.807) is 6.07 Å². The zero-order chi connectivity index (χ0) is 16.4. The molecular weight excluding hydrogens is 288 g/mol. The number of nitrogens with one attached hydrogen (secondary N) is 2. The Morgan fingerprint density at radius 2 is 1.83 bits per heavy atom. The SMILES string of the molecule is CC(C)(C)c1ccc(Nc2cc(C(=O)NC3CC3)ncn2)cc1. The highest BCUT2D eigenvalue weighted by atomic mass is 16.2. The third kappa shape index (κ3) is 4.06. The lowest BCUT2D eigenvalue weighted by atomic mass is 9.87. The molecule has 1 aromatic heterocycles. The van der Waals surface area contributed by atoms with Crippen molar-refractivity contribution in [2.24, 2.45) is 0 Å². The molecule has 1 aliphatic rings. The standard InChI is InChI=1S/C18H22N4O/c1-18(2,3)12-4-6-13(7-5-12)21-16-10-15(19-11-20-16)17(23)22-14-8-9-14/h4-7,10-11,14H,8-9H2,1-3H3,(H,22,23)(H,19,20,21). The van der Waals surface area contributed by atoms with Crippen molar-refractivity contribution in [1.29, 1.82) is 0 Å². The van der Waals surface area contributed by atoms with Gasteiger partial charge < -0.3 is 10.6 Å². The number of nitrogens with zero attached hydrogens (tertiary/aromatic N) is 2. The molecule has 1 aromatic carbocycles. The summed E-state index contributed by atoms with van der Waals surface area (Å²) in [4.78, 5) is 20.3. The summed E-state index contributed by atoms with van der Waals surface area (Å²) in [6.45, 7) is 6.56. The molecule has 0 unspecified atom stereocenters. The van der Waals surface area contributed by atoms with Crippen LogP contribution in [-0.4, -0.2) is 21.9 Å². The minimum Gasteiger partial charge on any atom is -0.348 e. The number of carbonyl (C=O) groups excluding carboxylic acids is 1. The molecule has 0 bridgehead atoms. The normalized spacial score (nSPS) is 14.4. The monoisotopic (exact) mass is 310 g/mol. The number of rotatable bonds is 4. The smallest absolute Gasteiger partial charge is 0.270 e. The van der Waals surface area contributed by atoms with Crippen LogP contribution in [0.5, 0.6) is 0 Å². The topological polar surface area (TPSA) is 66.9 Å². The quantitative estimate of drug-likeness (QED) is 0.908. The zero-order valence-electron chi connectivity index (χ0n) is 13.8. The van der Waals surface area contributed by atoms with Gasteiger partial charge in [0.1, 0.15) is 17.8 Å². The molecule has 1 fully saturated rings. The highest BCUT2D eigenvalue weighted by Crippen LogP contribution is 2.24. The van der Waals surface area contributed by atoms with Crippen LogP contribution in [0.1, 0.15) is 49.7 Å². The molecule has 1 saturated carbocycles. The molecule has 1 aliphatic carbocycles. The van der Waals surface area contributed by atoms with Gasteiger partial charge in [0.2, 0.25) is 0 Å². The summed E-state index contributed by atoms with van der Waals surface area (Å²) >= 11 is 0. The van der Waals surface area contributed by atoms with Crippen molar-refractivity contribution in [3.05, 3.63) is 47.9 Å². The van der Waals surface area contributed by atoms with Crippen LogP contribution in [0.4, 0.5) is 11.5 Å². The summed E-state index contributed by atoms with van der Waals surface area (Å²) in [6, 6.07) is 10.2. The van der Waals surface area contributed by atoms with Crippen LogP contribution in [-0.2, 0) is 5.41 Å². The second kappa shape index (κ2) is 5.99. The average Bonchev–Trinajstić information content (AvgIpc) is 3.31. The van der Waals surface area contributed by atoms with Gasteiger partial charge in [0, 0.05) is 17.8 Å². The molecule has 2 aromatic rings. The third-order valence-electron chi connectivity index (χ3n) is 3.84. The summed E-state index contributed by atoms with van der Waals surface area (Å²) in [5.41, 5.74) is 2.72. The van der Waals surface area contributed by atoms with Crippen molar-refractivity contribution in [2.45, 2.75) is 45.1 Å². The lowest BCUT2D eigenvalue weighted by molar-refractivity contribution is 0.0946. The molecule has 5 heteroatoms. The molecule has 0 aliphatic heterocycles. The van der Waals surface area contributed by atoms with E-state index < -0.39 is 0 Å². The molecule has 3 rings (SSSR count). The number of hydrogen-bond donors (Lipinski definition) is 2. The van der Waals surface area contributed by atoms with E-state index in [9.17, 15) is 4.79 Å². The summed E-state index contributed by atoms with van der Waals surface area (Å²) in [5.74, 6) is 0.477. The molecule has 0 spiro atoms. The van der Waals surface area contributed by atoms with E-state index in [0.29, 0.717) is 17.6 Å². The second-order valence-corrected chi connectivity index (χ2v) is 6.99. The molecule has 2 N–H and O–H groups in total. The fourth-order valence-corrected chi connectivity index (χ4v) is 2.24. The van der Waals surface area contributed by atoms with E-state index >= 15 is 0 Å². The first kappa shape index (κ1) is 15.5.